The Balaban J connectivity index is 1.98. The predicted octanol–water partition coefficient (Wildman–Crippen LogP) is 1.30. The molecule has 0 aliphatic rings. The summed E-state index contributed by atoms with van der Waals surface area (Å²) in [6, 6.07) is 6.84. The van der Waals surface area contributed by atoms with E-state index in [1.54, 1.807) is 18.5 Å². The van der Waals surface area contributed by atoms with Gasteiger partial charge in [-0.2, -0.15) is 0 Å². The van der Waals surface area contributed by atoms with E-state index in [9.17, 15) is 8.42 Å². The number of rotatable bonds is 6. The van der Waals surface area contributed by atoms with Crippen molar-refractivity contribution in [1.29, 1.82) is 0 Å². The van der Waals surface area contributed by atoms with Crippen LogP contribution in [0.3, 0.4) is 0 Å². The van der Waals surface area contributed by atoms with E-state index in [4.69, 9.17) is 18.0 Å². The van der Waals surface area contributed by atoms with Gasteiger partial charge in [0.1, 0.15) is 9.20 Å². The maximum absolute atomic E-state index is 12.1. The van der Waals surface area contributed by atoms with Crippen molar-refractivity contribution in [3.8, 4) is 0 Å². The number of nitrogens with two attached hydrogens (primary N) is 1. The molecule has 2 heterocycles. The Hall–Kier alpha value is -1.35. The molecule has 0 amide bonds. The Kier molecular flexibility index (Phi) is 4.81. The third kappa shape index (κ3) is 3.83. The zero-order valence-corrected chi connectivity index (χ0v) is 12.9. The molecule has 0 fully saturated rings. The molecule has 0 aliphatic carbocycles. The molecule has 2 aromatic heterocycles. The Morgan fingerprint density at radius 1 is 1.40 bits per heavy atom. The fourth-order valence-corrected chi connectivity index (χ4v) is 3.97. The molecule has 0 aromatic carbocycles. The van der Waals surface area contributed by atoms with Gasteiger partial charge in [0.05, 0.1) is 4.88 Å². The second-order valence-corrected chi connectivity index (χ2v) is 7.51. The van der Waals surface area contributed by atoms with Crippen LogP contribution < -0.4 is 10.5 Å². The fraction of sp³-hybridized carbons (Fsp3) is 0.167. The molecule has 106 valence electrons. The molecule has 0 saturated heterocycles. The molecule has 2 rings (SSSR count). The van der Waals surface area contributed by atoms with Crippen molar-refractivity contribution in [2.24, 2.45) is 5.73 Å². The molecule has 0 spiro atoms. The van der Waals surface area contributed by atoms with Gasteiger partial charge in [-0.3, -0.25) is 4.98 Å². The molecule has 5 nitrogen and oxygen atoms in total. The standard InChI is InChI=1S/C12H13N3O2S3/c13-12(18)10-3-4-11(19-10)20(16,17)15-7-5-9-2-1-6-14-8-9/h1-4,6,8,15H,5,7H2,(H2,13,18). The number of thiophene rings is 1. The summed E-state index contributed by atoms with van der Waals surface area (Å²) in [4.78, 5) is 4.77. The fourth-order valence-electron chi connectivity index (χ4n) is 1.54. The van der Waals surface area contributed by atoms with Crippen molar-refractivity contribution in [1.82, 2.24) is 9.71 Å². The van der Waals surface area contributed by atoms with Gasteiger partial charge in [0.15, 0.2) is 0 Å². The molecule has 2 aromatic rings. The first kappa shape index (κ1) is 15.0. The number of nitrogens with one attached hydrogen (secondary N) is 1. The minimum Gasteiger partial charge on any atom is -0.389 e. The highest BCUT2D eigenvalue weighted by Crippen LogP contribution is 2.21. The molecule has 0 bridgehead atoms. The van der Waals surface area contributed by atoms with Gasteiger partial charge in [-0.1, -0.05) is 18.3 Å². The second-order valence-electron chi connectivity index (χ2n) is 3.99. The van der Waals surface area contributed by atoms with Crippen LogP contribution in [0.5, 0.6) is 0 Å². The van der Waals surface area contributed by atoms with Gasteiger partial charge >= 0.3 is 0 Å². The summed E-state index contributed by atoms with van der Waals surface area (Å²) in [6.45, 7) is 0.314. The lowest BCUT2D eigenvalue weighted by Gasteiger charge is -2.04. The SMILES string of the molecule is NC(=S)c1ccc(S(=O)(=O)NCCc2cccnc2)s1. The zero-order valence-electron chi connectivity index (χ0n) is 10.4. The topological polar surface area (TPSA) is 85.1 Å². The van der Waals surface area contributed by atoms with E-state index in [1.807, 2.05) is 12.1 Å². The zero-order chi connectivity index (χ0) is 14.6. The van der Waals surface area contributed by atoms with Gasteiger partial charge in [-0.15, -0.1) is 11.3 Å². The van der Waals surface area contributed by atoms with Gasteiger partial charge < -0.3 is 5.73 Å². The molecule has 0 atom stereocenters. The van der Waals surface area contributed by atoms with Crippen LogP contribution in [0.1, 0.15) is 10.4 Å². The van der Waals surface area contributed by atoms with E-state index in [-0.39, 0.29) is 9.20 Å². The highest BCUT2D eigenvalue weighted by atomic mass is 32.2. The number of nitrogens with zero attached hydrogens (tertiary/aromatic N) is 1. The summed E-state index contributed by atoms with van der Waals surface area (Å²) >= 11 is 5.88. The third-order valence-corrected chi connectivity index (χ3v) is 5.94. The van der Waals surface area contributed by atoms with Crippen LogP contribution in [0, 0.1) is 0 Å². The molecule has 20 heavy (non-hydrogen) atoms. The van der Waals surface area contributed by atoms with Gasteiger partial charge in [0.2, 0.25) is 10.0 Å². The first-order chi connectivity index (χ1) is 9.49. The van der Waals surface area contributed by atoms with Crippen molar-refractivity contribution in [3.05, 3.63) is 47.1 Å². The van der Waals surface area contributed by atoms with Crippen LogP contribution in [0.2, 0.25) is 0 Å². The van der Waals surface area contributed by atoms with E-state index in [1.165, 1.54) is 6.07 Å². The highest BCUT2D eigenvalue weighted by molar-refractivity contribution is 7.91. The van der Waals surface area contributed by atoms with E-state index < -0.39 is 10.0 Å². The number of aromatic nitrogens is 1. The summed E-state index contributed by atoms with van der Waals surface area (Å²) in [6.07, 6.45) is 3.97. The summed E-state index contributed by atoms with van der Waals surface area (Å²) in [5.41, 5.74) is 6.44. The van der Waals surface area contributed by atoms with Gasteiger partial charge in [-0.25, -0.2) is 13.1 Å². The number of hydrogen-bond donors (Lipinski definition) is 2. The molecule has 0 unspecified atom stereocenters. The Morgan fingerprint density at radius 2 is 2.20 bits per heavy atom. The lowest BCUT2D eigenvalue weighted by atomic mass is 10.2. The normalized spacial score (nSPS) is 11.4. The highest BCUT2D eigenvalue weighted by Gasteiger charge is 2.16. The lowest BCUT2D eigenvalue weighted by Crippen LogP contribution is -2.25. The number of hydrogen-bond acceptors (Lipinski definition) is 5. The quantitative estimate of drug-likeness (QED) is 0.781. The summed E-state index contributed by atoms with van der Waals surface area (Å²) in [5.74, 6) is 0. The van der Waals surface area contributed by atoms with Crippen molar-refractivity contribution < 1.29 is 8.42 Å². The van der Waals surface area contributed by atoms with Gasteiger partial charge in [-0.05, 0) is 30.2 Å². The van der Waals surface area contributed by atoms with Gasteiger partial charge in [0, 0.05) is 18.9 Å². The van der Waals surface area contributed by atoms with E-state index >= 15 is 0 Å². The molecular weight excluding hydrogens is 314 g/mol. The molecule has 8 heteroatoms. The maximum Gasteiger partial charge on any atom is 0.250 e. The smallest absolute Gasteiger partial charge is 0.250 e. The van der Waals surface area contributed by atoms with Crippen LogP contribution in [0.15, 0.2) is 40.9 Å². The molecule has 0 aliphatic heterocycles. The van der Waals surface area contributed by atoms with Gasteiger partial charge in [0.25, 0.3) is 0 Å². The second kappa shape index (κ2) is 6.40. The summed E-state index contributed by atoms with van der Waals surface area (Å²) in [7, 11) is -3.51. The number of pyridine rings is 1. The van der Waals surface area contributed by atoms with Crippen molar-refractivity contribution in [3.63, 3.8) is 0 Å². The minimum atomic E-state index is -3.51. The first-order valence-electron chi connectivity index (χ1n) is 5.77. The van der Waals surface area contributed by atoms with E-state index in [0.717, 1.165) is 16.9 Å². The lowest BCUT2D eigenvalue weighted by molar-refractivity contribution is 0.583. The average molecular weight is 327 g/mol. The van der Waals surface area contributed by atoms with Crippen LogP contribution in [-0.2, 0) is 16.4 Å². The van der Waals surface area contributed by atoms with E-state index in [2.05, 4.69) is 9.71 Å². The molecular formula is C12H13N3O2S3. The van der Waals surface area contributed by atoms with E-state index in [0.29, 0.717) is 17.8 Å². The maximum atomic E-state index is 12.1. The number of sulfonamides is 1. The Morgan fingerprint density at radius 3 is 2.80 bits per heavy atom. The summed E-state index contributed by atoms with van der Waals surface area (Å²) < 4.78 is 26.9. The third-order valence-electron chi connectivity index (χ3n) is 2.52. The van der Waals surface area contributed by atoms with Crippen LogP contribution in [0.4, 0.5) is 0 Å². The molecule has 0 saturated carbocycles. The predicted molar refractivity (Wildman–Crippen MR) is 83.3 cm³/mol. The largest absolute Gasteiger partial charge is 0.389 e. The summed E-state index contributed by atoms with van der Waals surface area (Å²) in [5, 5.41) is 0. The van der Waals surface area contributed by atoms with Crippen LogP contribution in [0.25, 0.3) is 0 Å². The molecule has 3 N–H and O–H groups in total. The minimum absolute atomic E-state index is 0.201. The molecule has 0 radical (unpaired) electrons. The number of thiocarbonyl (C=S) groups is 1. The van der Waals surface area contributed by atoms with Crippen molar-refractivity contribution in [2.45, 2.75) is 10.6 Å². The van der Waals surface area contributed by atoms with Crippen LogP contribution >= 0.6 is 23.6 Å². The van der Waals surface area contributed by atoms with Crippen molar-refractivity contribution >= 4 is 38.6 Å². The van der Waals surface area contributed by atoms with Crippen molar-refractivity contribution in [2.75, 3.05) is 6.54 Å². The monoisotopic (exact) mass is 327 g/mol. The Labute approximate surface area is 126 Å². The van der Waals surface area contributed by atoms with Crippen LogP contribution in [-0.4, -0.2) is 24.9 Å². The Bertz CT molecular complexity index is 696. The average Bonchev–Trinajstić information content (AvgIpc) is 2.90. The first-order valence-corrected chi connectivity index (χ1v) is 8.48.